The topological polar surface area (TPSA) is 83.0 Å². The summed E-state index contributed by atoms with van der Waals surface area (Å²) in [6.45, 7) is 3.25. The monoisotopic (exact) mass is 489 g/mol. The van der Waals surface area contributed by atoms with E-state index in [-0.39, 0.29) is 11.5 Å². The minimum Gasteiger partial charge on any atom is -0.352 e. The molecule has 1 saturated heterocycles. The van der Waals surface area contributed by atoms with Gasteiger partial charge in [-0.25, -0.2) is 0 Å². The number of piperidine rings is 1. The summed E-state index contributed by atoms with van der Waals surface area (Å²) in [6, 6.07) is 15.0. The van der Waals surface area contributed by atoms with Gasteiger partial charge in [0.05, 0.1) is 6.54 Å². The Morgan fingerprint density at radius 2 is 2.00 bits per heavy atom. The second-order valence-corrected chi connectivity index (χ2v) is 9.66. The maximum atomic E-state index is 13.2. The van der Waals surface area contributed by atoms with Gasteiger partial charge in [-0.15, -0.1) is 0 Å². The van der Waals surface area contributed by atoms with Crippen molar-refractivity contribution in [3.05, 3.63) is 87.6 Å². The van der Waals surface area contributed by atoms with Gasteiger partial charge in [-0.1, -0.05) is 29.8 Å². The van der Waals surface area contributed by atoms with Crippen LogP contribution in [0.3, 0.4) is 0 Å². The lowest BCUT2D eigenvalue weighted by Gasteiger charge is -2.28. The largest absolute Gasteiger partial charge is 0.352 e. The van der Waals surface area contributed by atoms with E-state index < -0.39 is 0 Å². The molecule has 1 amide bonds. The quantitative estimate of drug-likeness (QED) is 0.426. The first-order valence-electron chi connectivity index (χ1n) is 11.9. The summed E-state index contributed by atoms with van der Waals surface area (Å²) in [5.74, 6) is 0.460. The molecule has 2 N–H and O–H groups in total. The fraction of sp³-hybridized carbons (Fsp3) is 0.296. The summed E-state index contributed by atoms with van der Waals surface area (Å²) in [5, 5.41) is 11.7. The molecule has 3 heterocycles. The first-order chi connectivity index (χ1) is 17.0. The molecule has 2 aromatic carbocycles. The predicted octanol–water partition coefficient (Wildman–Crippen LogP) is 4.16. The van der Waals surface area contributed by atoms with Crippen LogP contribution < -0.4 is 10.9 Å². The van der Waals surface area contributed by atoms with Crippen LogP contribution in [0.25, 0.3) is 21.9 Å². The molecule has 1 aliphatic rings. The van der Waals surface area contributed by atoms with Gasteiger partial charge in [0.2, 0.25) is 0 Å². The number of pyridine rings is 1. The molecule has 7 nitrogen and oxygen atoms in total. The molecule has 2 aromatic heterocycles. The van der Waals surface area contributed by atoms with Gasteiger partial charge in [0.15, 0.2) is 5.15 Å². The van der Waals surface area contributed by atoms with Crippen molar-refractivity contribution in [1.29, 1.82) is 0 Å². The number of amides is 1. The highest BCUT2D eigenvalue weighted by molar-refractivity contribution is 6.32. The molecule has 4 aromatic rings. The fourth-order valence-electron chi connectivity index (χ4n) is 4.67. The highest BCUT2D eigenvalue weighted by Gasteiger charge is 2.18. The van der Waals surface area contributed by atoms with Crippen LogP contribution in [-0.2, 0) is 6.54 Å². The minimum atomic E-state index is -0.0792. The van der Waals surface area contributed by atoms with Crippen molar-refractivity contribution in [3.63, 3.8) is 0 Å². The van der Waals surface area contributed by atoms with Crippen LogP contribution in [0.5, 0.6) is 0 Å². The van der Waals surface area contributed by atoms with Gasteiger partial charge in [0.1, 0.15) is 0 Å². The molecule has 1 fully saturated rings. The first-order valence-corrected chi connectivity index (χ1v) is 12.2. The third-order valence-corrected chi connectivity index (χ3v) is 7.10. The normalized spacial score (nSPS) is 14.9. The summed E-state index contributed by atoms with van der Waals surface area (Å²) >= 11 is 6.13. The zero-order valence-corrected chi connectivity index (χ0v) is 20.4. The number of fused-ring (bicyclic) bond motifs is 1. The minimum absolute atomic E-state index is 0.0675. The maximum absolute atomic E-state index is 13.2. The summed E-state index contributed by atoms with van der Waals surface area (Å²) in [4.78, 5) is 28.2. The number of aromatic amines is 1. The molecule has 8 heteroatoms. The van der Waals surface area contributed by atoms with Gasteiger partial charge < -0.3 is 14.8 Å². The number of nitrogens with zero attached hydrogens (tertiary/aromatic N) is 3. The highest BCUT2D eigenvalue weighted by Crippen LogP contribution is 2.27. The fourth-order valence-corrected chi connectivity index (χ4v) is 4.88. The summed E-state index contributed by atoms with van der Waals surface area (Å²) in [6.07, 6.45) is 5.75. The smallest absolute Gasteiger partial charge is 0.258 e. The number of carbonyl (C=O) groups is 1. The number of hydrogen-bond acceptors (Lipinski definition) is 4. The Balaban J connectivity index is 1.30. The number of nitrogens with one attached hydrogen (secondary N) is 2. The number of H-pyrrole nitrogens is 1. The van der Waals surface area contributed by atoms with E-state index in [1.165, 1.54) is 0 Å². The molecular formula is C27H28ClN5O2. The Bertz CT molecular complexity index is 1420. The average Bonchev–Trinajstić information content (AvgIpc) is 3.31. The van der Waals surface area contributed by atoms with Gasteiger partial charge >= 0.3 is 0 Å². The Kier molecular flexibility index (Phi) is 6.70. The number of likely N-dealkylation sites (tertiary alicyclic amines) is 1. The molecule has 35 heavy (non-hydrogen) atoms. The van der Waals surface area contributed by atoms with Gasteiger partial charge in [-0.05, 0) is 85.7 Å². The molecular weight excluding hydrogens is 462 g/mol. The van der Waals surface area contributed by atoms with E-state index in [0.717, 1.165) is 48.0 Å². The van der Waals surface area contributed by atoms with Crippen molar-refractivity contribution < 1.29 is 4.79 Å². The average molecular weight is 490 g/mol. The van der Waals surface area contributed by atoms with E-state index in [0.29, 0.717) is 35.1 Å². The Morgan fingerprint density at radius 3 is 2.77 bits per heavy atom. The highest BCUT2D eigenvalue weighted by atomic mass is 35.5. The van der Waals surface area contributed by atoms with E-state index in [1.807, 2.05) is 48.5 Å². The number of carbonyl (C=O) groups excluding carboxylic acids is 1. The number of benzene rings is 2. The van der Waals surface area contributed by atoms with Crippen molar-refractivity contribution in [1.82, 2.24) is 25.0 Å². The van der Waals surface area contributed by atoms with E-state index in [4.69, 9.17) is 11.6 Å². The lowest BCUT2D eigenvalue weighted by atomic mass is 9.97. The van der Waals surface area contributed by atoms with Crippen molar-refractivity contribution in [3.8, 4) is 11.1 Å². The molecule has 0 aliphatic carbocycles. The number of halogens is 1. The predicted molar refractivity (Wildman–Crippen MR) is 139 cm³/mol. The maximum Gasteiger partial charge on any atom is 0.258 e. The molecule has 0 atom stereocenters. The van der Waals surface area contributed by atoms with Gasteiger partial charge in [0, 0.05) is 35.5 Å². The van der Waals surface area contributed by atoms with E-state index in [9.17, 15) is 9.59 Å². The lowest BCUT2D eigenvalue weighted by Crippen LogP contribution is -2.36. The molecule has 0 bridgehead atoms. The van der Waals surface area contributed by atoms with Crippen LogP contribution in [0.1, 0.15) is 28.8 Å². The second-order valence-electron chi connectivity index (χ2n) is 9.30. The van der Waals surface area contributed by atoms with Crippen molar-refractivity contribution in [2.75, 3.05) is 26.7 Å². The molecule has 0 unspecified atom stereocenters. The third-order valence-electron chi connectivity index (χ3n) is 6.81. The van der Waals surface area contributed by atoms with Crippen LogP contribution in [0.2, 0.25) is 5.15 Å². The SMILES string of the molecule is CN1CCC(CNC(=O)c2cccc(Cn3ccc4cc(-c5c[nH]nc5Cl)ccc4c3=O)c2)CC1. The van der Waals surface area contributed by atoms with Crippen molar-refractivity contribution in [2.45, 2.75) is 19.4 Å². The summed E-state index contributed by atoms with van der Waals surface area (Å²) < 4.78 is 1.67. The Hall–Kier alpha value is -3.42. The van der Waals surface area contributed by atoms with Crippen LogP contribution >= 0.6 is 11.6 Å². The molecule has 180 valence electrons. The number of aromatic nitrogens is 3. The van der Waals surface area contributed by atoms with Crippen LogP contribution in [-0.4, -0.2) is 52.3 Å². The van der Waals surface area contributed by atoms with E-state index >= 15 is 0 Å². The van der Waals surface area contributed by atoms with Gasteiger partial charge in [-0.3, -0.25) is 14.7 Å². The summed E-state index contributed by atoms with van der Waals surface area (Å²) in [7, 11) is 2.13. The molecule has 0 saturated carbocycles. The molecule has 0 spiro atoms. The standard InChI is InChI=1S/C27H28ClN5O2/c1-32-10-7-18(8-11-32)15-29-26(34)22-4-2-3-19(13-22)17-33-12-9-21-14-20(5-6-23(21)27(33)35)24-16-30-31-25(24)28/h2-6,9,12-14,16,18H,7-8,10-11,15,17H2,1H3,(H,29,34)(H,30,31). The molecule has 1 aliphatic heterocycles. The lowest BCUT2D eigenvalue weighted by molar-refractivity contribution is 0.0939. The first kappa shape index (κ1) is 23.3. The van der Waals surface area contributed by atoms with Crippen molar-refractivity contribution >= 4 is 28.3 Å². The Morgan fingerprint density at radius 1 is 1.17 bits per heavy atom. The van der Waals surface area contributed by atoms with Gasteiger partial charge in [0.25, 0.3) is 11.5 Å². The number of rotatable bonds is 6. The van der Waals surface area contributed by atoms with E-state index in [1.54, 1.807) is 17.0 Å². The van der Waals surface area contributed by atoms with Crippen LogP contribution in [0.4, 0.5) is 0 Å². The van der Waals surface area contributed by atoms with Crippen molar-refractivity contribution in [2.24, 2.45) is 5.92 Å². The molecule has 0 radical (unpaired) electrons. The zero-order valence-electron chi connectivity index (χ0n) is 19.6. The van der Waals surface area contributed by atoms with Gasteiger partial charge in [-0.2, -0.15) is 5.10 Å². The molecule has 5 rings (SSSR count). The Labute approximate surface area is 208 Å². The number of hydrogen-bond donors (Lipinski definition) is 2. The van der Waals surface area contributed by atoms with E-state index in [2.05, 4.69) is 27.5 Å². The third kappa shape index (κ3) is 5.16. The van der Waals surface area contributed by atoms with Crippen LogP contribution in [0, 0.1) is 5.92 Å². The summed E-state index contributed by atoms with van der Waals surface area (Å²) in [5.41, 5.74) is 3.13. The second kappa shape index (κ2) is 10.1. The van der Waals surface area contributed by atoms with Crippen LogP contribution in [0.15, 0.2) is 65.7 Å². The zero-order chi connectivity index (χ0) is 24.4.